The number of anilines is 1. The molecule has 0 bridgehead atoms. The molecule has 0 aromatic carbocycles. The van der Waals surface area contributed by atoms with Crippen molar-refractivity contribution in [2.24, 2.45) is 0 Å². The molecule has 2 heterocycles. The Hall–Kier alpha value is -1.06. The summed E-state index contributed by atoms with van der Waals surface area (Å²) in [4.78, 5) is 20.1. The zero-order chi connectivity index (χ0) is 23.0. The van der Waals surface area contributed by atoms with Crippen molar-refractivity contribution in [3.63, 3.8) is 0 Å². The minimum absolute atomic E-state index is 0. The summed E-state index contributed by atoms with van der Waals surface area (Å²) >= 11 is 7.98. The van der Waals surface area contributed by atoms with Crippen molar-refractivity contribution in [2.75, 3.05) is 16.8 Å². The number of amides is 1. The number of pyridine rings is 1. The van der Waals surface area contributed by atoms with Crippen molar-refractivity contribution in [2.45, 2.75) is 68.9 Å². The summed E-state index contributed by atoms with van der Waals surface area (Å²) in [6.45, 7) is 4.15. The molecule has 6 nitrogen and oxygen atoms in total. The predicted octanol–water partition coefficient (Wildman–Crippen LogP) is 4.76. The molecule has 1 aromatic heterocycles. The summed E-state index contributed by atoms with van der Waals surface area (Å²) in [7, 11) is 0. The first-order valence-corrected chi connectivity index (χ1v) is 11.6. The Morgan fingerprint density at radius 2 is 1.97 bits per heavy atom. The minimum Gasteiger partial charge on any atom is -0.377 e. The molecule has 0 radical (unpaired) electrons. The van der Waals surface area contributed by atoms with E-state index in [1.54, 1.807) is 13.8 Å². The molecule has 1 atom stereocenters. The van der Waals surface area contributed by atoms with Crippen LogP contribution in [0.25, 0.3) is 0 Å². The second kappa shape index (κ2) is 10.5. The molecule has 178 valence electrons. The van der Waals surface area contributed by atoms with E-state index in [4.69, 9.17) is 10.00 Å². The lowest BCUT2D eigenvalue weighted by Crippen LogP contribution is -2.52. The van der Waals surface area contributed by atoms with Gasteiger partial charge in [0.25, 0.3) is 0 Å². The van der Waals surface area contributed by atoms with Crippen LogP contribution < -0.4 is 4.90 Å². The van der Waals surface area contributed by atoms with Crippen molar-refractivity contribution in [1.29, 1.82) is 5.26 Å². The zero-order valence-corrected chi connectivity index (χ0v) is 20.9. The van der Waals surface area contributed by atoms with E-state index in [0.717, 1.165) is 43.3 Å². The molecule has 1 saturated heterocycles. The fraction of sp³-hybridized carbons (Fsp3) is 0.650. The summed E-state index contributed by atoms with van der Waals surface area (Å²) in [5, 5.41) is 9.75. The van der Waals surface area contributed by atoms with Crippen LogP contribution in [0.4, 0.5) is 18.9 Å². The number of carbonyl (C=O) groups excluding carboxylic acids is 1. The molecular weight excluding hydrogens is 533 g/mol. The van der Waals surface area contributed by atoms with Gasteiger partial charge in [0.2, 0.25) is 5.91 Å². The SMILES string of the molecule is CC1(C)C(=O)N(c2cnc(C#N)c(C(F)(F)F)c2)C(S)N1C1CCC(OCCBr)CC1.Cl. The molecule has 1 aromatic rings. The number of thiol groups is 1. The van der Waals surface area contributed by atoms with E-state index in [2.05, 4.69) is 33.5 Å². The van der Waals surface area contributed by atoms with Gasteiger partial charge in [-0.1, -0.05) is 15.9 Å². The monoisotopic (exact) mass is 556 g/mol. The van der Waals surface area contributed by atoms with Gasteiger partial charge in [0.05, 0.1) is 35.7 Å². The van der Waals surface area contributed by atoms with Gasteiger partial charge in [-0.2, -0.15) is 18.4 Å². The standard InChI is InChI=1S/C20H24BrF3N4O2S.ClH/c1-19(2)17(29)27(13-9-15(20(22,23)24)16(10-25)26-11-13)18(31)28(19)12-3-5-14(6-4-12)30-8-7-21;/h9,11-12,14,18,31H,3-8H2,1-2H3;1H. The fourth-order valence-electron chi connectivity index (χ4n) is 4.41. The molecule has 1 unspecified atom stereocenters. The number of aromatic nitrogens is 1. The molecule has 1 amide bonds. The van der Waals surface area contributed by atoms with E-state index in [0.29, 0.717) is 6.61 Å². The number of ether oxygens (including phenoxy) is 1. The van der Waals surface area contributed by atoms with Crippen LogP contribution in [-0.2, 0) is 15.7 Å². The lowest BCUT2D eigenvalue weighted by Gasteiger charge is -2.41. The van der Waals surface area contributed by atoms with Crippen LogP contribution in [0.5, 0.6) is 0 Å². The quantitative estimate of drug-likeness (QED) is 0.418. The van der Waals surface area contributed by atoms with Gasteiger partial charge in [-0.25, -0.2) is 4.98 Å². The van der Waals surface area contributed by atoms with E-state index >= 15 is 0 Å². The van der Waals surface area contributed by atoms with Gasteiger partial charge < -0.3 is 4.74 Å². The highest BCUT2D eigenvalue weighted by Gasteiger charge is 2.54. The summed E-state index contributed by atoms with van der Waals surface area (Å²) in [6.07, 6.45) is -0.181. The average Bonchev–Trinajstić information content (AvgIpc) is 2.90. The Labute approximate surface area is 205 Å². The van der Waals surface area contributed by atoms with Gasteiger partial charge in [-0.05, 0) is 45.6 Å². The first-order valence-electron chi connectivity index (χ1n) is 9.97. The van der Waals surface area contributed by atoms with Crippen LogP contribution in [-0.4, -0.2) is 50.9 Å². The summed E-state index contributed by atoms with van der Waals surface area (Å²) in [5.74, 6) is -0.357. The third-order valence-corrected chi connectivity index (χ3v) is 6.70. The van der Waals surface area contributed by atoms with Gasteiger partial charge in [-0.15, -0.1) is 25.0 Å². The third-order valence-electron chi connectivity index (χ3n) is 5.90. The first kappa shape index (κ1) is 27.2. The largest absolute Gasteiger partial charge is 0.419 e. The normalized spacial score (nSPS) is 26.0. The summed E-state index contributed by atoms with van der Waals surface area (Å²) in [5.41, 5.74) is -3.62. The van der Waals surface area contributed by atoms with E-state index in [9.17, 15) is 18.0 Å². The number of nitriles is 1. The van der Waals surface area contributed by atoms with Gasteiger partial charge in [0.15, 0.2) is 5.69 Å². The molecule has 1 saturated carbocycles. The number of hydrogen-bond acceptors (Lipinski definition) is 6. The van der Waals surface area contributed by atoms with Gasteiger partial charge in [-0.3, -0.25) is 14.6 Å². The topological polar surface area (TPSA) is 69.5 Å². The lowest BCUT2D eigenvalue weighted by molar-refractivity contribution is -0.138. The van der Waals surface area contributed by atoms with Crippen LogP contribution in [0.2, 0.25) is 0 Å². The highest BCUT2D eigenvalue weighted by molar-refractivity contribution is 9.09. The highest BCUT2D eigenvalue weighted by atomic mass is 79.9. The number of hydrogen-bond donors (Lipinski definition) is 1. The van der Waals surface area contributed by atoms with Crippen LogP contribution in [0, 0.1) is 11.3 Å². The molecule has 2 fully saturated rings. The Balaban J connectivity index is 0.00000363. The van der Waals surface area contributed by atoms with Crippen LogP contribution in [0.15, 0.2) is 12.3 Å². The highest BCUT2D eigenvalue weighted by Crippen LogP contribution is 2.42. The molecular formula is C20H25BrClF3N4O2S. The van der Waals surface area contributed by atoms with Crippen molar-refractivity contribution >= 4 is 52.6 Å². The van der Waals surface area contributed by atoms with Crippen LogP contribution >= 0.6 is 41.0 Å². The molecule has 0 N–H and O–H groups in total. The number of alkyl halides is 4. The molecule has 0 spiro atoms. The van der Waals surface area contributed by atoms with E-state index < -0.39 is 28.5 Å². The first-order chi connectivity index (χ1) is 14.5. The Morgan fingerprint density at radius 1 is 1.34 bits per heavy atom. The van der Waals surface area contributed by atoms with Crippen molar-refractivity contribution < 1.29 is 22.7 Å². The number of nitrogens with zero attached hydrogens (tertiary/aromatic N) is 4. The Bertz CT molecular complexity index is 875. The van der Waals surface area contributed by atoms with Crippen molar-refractivity contribution in [1.82, 2.24) is 9.88 Å². The van der Waals surface area contributed by atoms with Gasteiger partial charge in [0, 0.05) is 11.4 Å². The maximum absolute atomic E-state index is 13.4. The second-order valence-corrected chi connectivity index (χ2v) is 9.43. The fourth-order valence-corrected chi connectivity index (χ4v) is 5.31. The van der Waals surface area contributed by atoms with Crippen molar-refractivity contribution in [3.05, 3.63) is 23.5 Å². The van der Waals surface area contributed by atoms with Crippen molar-refractivity contribution in [3.8, 4) is 6.07 Å². The van der Waals surface area contributed by atoms with Crippen LogP contribution in [0.3, 0.4) is 0 Å². The molecule has 1 aliphatic carbocycles. The van der Waals surface area contributed by atoms with E-state index in [1.807, 2.05) is 4.90 Å². The Morgan fingerprint density at radius 3 is 2.50 bits per heavy atom. The zero-order valence-electron chi connectivity index (χ0n) is 17.6. The molecule has 3 rings (SSSR count). The number of carbonyl (C=O) groups is 1. The lowest BCUT2D eigenvalue weighted by atomic mass is 9.89. The van der Waals surface area contributed by atoms with Crippen LogP contribution in [0.1, 0.15) is 50.8 Å². The molecule has 1 aliphatic heterocycles. The van der Waals surface area contributed by atoms with E-state index in [-0.39, 0.29) is 36.1 Å². The second-order valence-electron chi connectivity index (χ2n) is 8.18. The van der Waals surface area contributed by atoms with Gasteiger partial charge in [0.1, 0.15) is 11.6 Å². The van der Waals surface area contributed by atoms with Gasteiger partial charge >= 0.3 is 6.18 Å². The summed E-state index contributed by atoms with van der Waals surface area (Å²) < 4.78 is 46.0. The number of rotatable bonds is 5. The average molecular weight is 558 g/mol. The molecule has 12 heteroatoms. The Kier molecular flexibility index (Phi) is 8.89. The maximum Gasteiger partial charge on any atom is 0.419 e. The molecule has 32 heavy (non-hydrogen) atoms. The minimum atomic E-state index is -4.76. The summed E-state index contributed by atoms with van der Waals surface area (Å²) in [6, 6.07) is 2.31. The maximum atomic E-state index is 13.4. The number of halogens is 5. The van der Waals surface area contributed by atoms with E-state index in [1.165, 1.54) is 11.0 Å². The molecule has 2 aliphatic rings. The predicted molar refractivity (Wildman–Crippen MR) is 123 cm³/mol. The smallest absolute Gasteiger partial charge is 0.377 e. The third kappa shape index (κ3) is 5.20.